The summed E-state index contributed by atoms with van der Waals surface area (Å²) in [6.07, 6.45) is 10.4. The average molecular weight is 675 g/mol. The van der Waals surface area contributed by atoms with Crippen LogP contribution >= 0.6 is 0 Å². The van der Waals surface area contributed by atoms with Crippen LogP contribution in [0.5, 0.6) is 0 Å². The van der Waals surface area contributed by atoms with Gasteiger partial charge in [-0.2, -0.15) is 0 Å². The quantitative estimate of drug-likeness (QED) is 0.159. The summed E-state index contributed by atoms with van der Waals surface area (Å²) in [6.45, 7) is 14.4. The molecule has 0 radical (unpaired) electrons. The molecule has 0 bridgehead atoms. The van der Waals surface area contributed by atoms with Gasteiger partial charge in [-0.25, -0.2) is 0 Å². The third-order valence-corrected chi connectivity index (χ3v) is 13.3. The van der Waals surface area contributed by atoms with Crippen LogP contribution in [0.15, 0.2) is 152 Å². The summed E-state index contributed by atoms with van der Waals surface area (Å²) < 4.78 is 0. The van der Waals surface area contributed by atoms with Crippen molar-refractivity contribution >= 4 is 30.4 Å². The maximum Gasteiger partial charge on any atom is 0.0889 e. The van der Waals surface area contributed by atoms with Crippen LogP contribution < -0.4 is 15.6 Å². The van der Waals surface area contributed by atoms with Gasteiger partial charge in [-0.3, -0.25) is 0 Å². The average Bonchev–Trinajstić information content (AvgIpc) is 3.80. The van der Waals surface area contributed by atoms with E-state index in [-0.39, 0.29) is 10.8 Å². The van der Waals surface area contributed by atoms with Gasteiger partial charge in [-0.05, 0) is 116 Å². The molecule has 0 aliphatic heterocycles. The Bertz CT molecular complexity index is 2520. The molecule has 0 atom stereocenters. The molecule has 8 rings (SSSR count). The van der Waals surface area contributed by atoms with Crippen molar-refractivity contribution in [1.82, 2.24) is 0 Å². The second-order valence-corrected chi connectivity index (χ2v) is 18.5. The highest BCUT2D eigenvalue weighted by Crippen LogP contribution is 2.45. The molecule has 6 aromatic carbocycles. The minimum absolute atomic E-state index is 0.0483. The number of fused-ring (bicyclic) bond motifs is 2. The van der Waals surface area contributed by atoms with Crippen molar-refractivity contribution < 1.29 is 0 Å². The predicted molar refractivity (Wildman–Crippen MR) is 220 cm³/mol. The number of allylic oxidation sites excluding steroid dienone is 4. The Morgan fingerprint density at radius 3 is 1.63 bits per heavy atom. The van der Waals surface area contributed by atoms with Crippen molar-refractivity contribution in [3.63, 3.8) is 0 Å². The summed E-state index contributed by atoms with van der Waals surface area (Å²) >= 11 is 0. The van der Waals surface area contributed by atoms with Crippen LogP contribution in [0.3, 0.4) is 0 Å². The Morgan fingerprint density at radius 2 is 1.12 bits per heavy atom. The highest BCUT2D eigenvalue weighted by atomic mass is 28.2. The van der Waals surface area contributed by atoms with Gasteiger partial charge in [-0.1, -0.05) is 181 Å². The van der Waals surface area contributed by atoms with Crippen molar-refractivity contribution in [2.75, 3.05) is 0 Å². The lowest BCUT2D eigenvalue weighted by atomic mass is 9.76. The van der Waals surface area contributed by atoms with Gasteiger partial charge in [0.1, 0.15) is 0 Å². The summed E-state index contributed by atoms with van der Waals surface area (Å²) in [5.74, 6) is 0. The van der Waals surface area contributed by atoms with Crippen molar-refractivity contribution in [3.8, 4) is 22.3 Å². The minimum Gasteiger partial charge on any atom is -0.0801 e. The zero-order chi connectivity index (χ0) is 35.3. The molecular formula is C50H46Si. The molecule has 0 spiro atoms. The van der Waals surface area contributed by atoms with Gasteiger partial charge in [0.2, 0.25) is 0 Å². The molecule has 2 aliphatic carbocycles. The van der Waals surface area contributed by atoms with E-state index in [1.807, 2.05) is 0 Å². The zero-order valence-electron chi connectivity index (χ0n) is 30.7. The lowest BCUT2D eigenvalue weighted by Gasteiger charge is -2.30. The third kappa shape index (κ3) is 5.94. The molecule has 0 fully saturated rings. The van der Waals surface area contributed by atoms with Crippen LogP contribution in [-0.4, -0.2) is 8.41 Å². The molecule has 0 nitrogen and oxygen atoms in total. The molecule has 51 heavy (non-hydrogen) atoms. The van der Waals surface area contributed by atoms with Crippen LogP contribution in [-0.2, 0) is 10.8 Å². The number of rotatable bonds is 5. The van der Waals surface area contributed by atoms with Crippen LogP contribution in [0, 0.1) is 15.3 Å². The summed E-state index contributed by atoms with van der Waals surface area (Å²) in [7, 11) is -1.49. The van der Waals surface area contributed by atoms with Crippen LogP contribution in [0.4, 0.5) is 0 Å². The fourth-order valence-corrected chi connectivity index (χ4v) is 11.5. The molecule has 0 aromatic heterocycles. The summed E-state index contributed by atoms with van der Waals surface area (Å²) in [4.78, 5) is 1.52. The van der Waals surface area contributed by atoms with Gasteiger partial charge in [0.15, 0.2) is 0 Å². The summed E-state index contributed by atoms with van der Waals surface area (Å²) in [6, 6.07) is 50.0. The number of benzene rings is 6. The van der Waals surface area contributed by atoms with E-state index in [2.05, 4.69) is 199 Å². The fourth-order valence-electron chi connectivity index (χ4n) is 8.30. The molecule has 0 saturated carbocycles. The van der Waals surface area contributed by atoms with Crippen LogP contribution in [0.2, 0.25) is 0 Å². The Labute approximate surface area is 304 Å². The Kier molecular flexibility index (Phi) is 8.36. The number of hydrogen-bond acceptors (Lipinski definition) is 0. The van der Waals surface area contributed by atoms with Crippen LogP contribution in [0.25, 0.3) is 33.9 Å². The van der Waals surface area contributed by atoms with E-state index in [4.69, 9.17) is 0 Å². The first-order valence-electron chi connectivity index (χ1n) is 18.3. The smallest absolute Gasteiger partial charge is 0.0801 e. The molecule has 0 unspecified atom stereocenters. The topological polar surface area (TPSA) is 0 Å². The van der Waals surface area contributed by atoms with Gasteiger partial charge in [0.05, 0.1) is 8.41 Å². The van der Waals surface area contributed by atoms with E-state index in [1.165, 1.54) is 80.9 Å². The Hall–Kier alpha value is -5.11. The van der Waals surface area contributed by atoms with E-state index in [0.717, 1.165) is 6.42 Å². The maximum absolute atomic E-state index is 2.57. The summed E-state index contributed by atoms with van der Waals surface area (Å²) in [5, 5.41) is 6.96. The second-order valence-electron chi connectivity index (χ2n) is 16.1. The van der Waals surface area contributed by atoms with Gasteiger partial charge in [-0.15, -0.1) is 0 Å². The first-order chi connectivity index (χ1) is 24.6. The SMILES string of the molecule is CC(C)(C)c1cc2c(cc1-c1ccccc1)=Cc1c(C3=CC=CC3)c(-c3ccccc3)c(C(C)(C)C)c(=[Si](c3ccccc3)c3ccccc3)c1=2. The Balaban J connectivity index is 1.74. The Morgan fingerprint density at radius 1 is 0.569 bits per heavy atom. The standard InChI is InChI=1S/C50H46Si/c1-49(2,3)43-33-41-37(31-40(43)34-21-11-7-12-22-34)32-42-44(35-25-19-20-26-35)45(36-23-13-8-14-24-36)47(50(4,5)6)48(46(41)42)51(38-27-15-9-16-28-38)39-29-17-10-18-30-39/h7-25,27-33H,26H2,1-6H3. The molecule has 2 aliphatic rings. The van der Waals surface area contributed by atoms with E-state index in [0.29, 0.717) is 0 Å². The predicted octanol–water partition coefficient (Wildman–Crippen LogP) is 10.5. The highest BCUT2D eigenvalue weighted by molar-refractivity contribution is 6.78. The first kappa shape index (κ1) is 33.1. The summed E-state index contributed by atoms with van der Waals surface area (Å²) in [5.41, 5.74) is 12.1. The maximum atomic E-state index is 2.57. The van der Waals surface area contributed by atoms with Crippen LogP contribution in [0.1, 0.15) is 70.2 Å². The van der Waals surface area contributed by atoms with Crippen molar-refractivity contribution in [2.45, 2.75) is 58.8 Å². The third-order valence-electron chi connectivity index (χ3n) is 10.5. The second kappa shape index (κ2) is 12.9. The molecule has 0 saturated heterocycles. The highest BCUT2D eigenvalue weighted by Gasteiger charge is 2.31. The van der Waals surface area contributed by atoms with Gasteiger partial charge >= 0.3 is 0 Å². The van der Waals surface area contributed by atoms with Crippen molar-refractivity contribution in [2.24, 2.45) is 0 Å². The van der Waals surface area contributed by atoms with E-state index >= 15 is 0 Å². The molecule has 1 heteroatoms. The lowest BCUT2D eigenvalue weighted by molar-refractivity contribution is 0.588. The van der Waals surface area contributed by atoms with Crippen molar-refractivity contribution in [1.29, 1.82) is 0 Å². The van der Waals surface area contributed by atoms with Gasteiger partial charge < -0.3 is 0 Å². The van der Waals surface area contributed by atoms with E-state index in [1.54, 1.807) is 0 Å². The molecule has 6 aromatic rings. The first-order valence-corrected chi connectivity index (χ1v) is 19.8. The zero-order valence-corrected chi connectivity index (χ0v) is 31.7. The van der Waals surface area contributed by atoms with Gasteiger partial charge in [0.25, 0.3) is 0 Å². The lowest BCUT2D eigenvalue weighted by Crippen LogP contribution is -2.37. The molecule has 250 valence electrons. The normalized spacial score (nSPS) is 13.4. The molecule has 0 heterocycles. The monoisotopic (exact) mass is 674 g/mol. The number of hydrogen-bond donors (Lipinski definition) is 0. The fraction of sp³-hybridized carbons (Fsp3) is 0.180. The van der Waals surface area contributed by atoms with E-state index in [9.17, 15) is 0 Å². The molecule has 0 N–H and O–H groups in total. The molecule has 0 amide bonds. The van der Waals surface area contributed by atoms with E-state index < -0.39 is 8.41 Å². The van der Waals surface area contributed by atoms with Gasteiger partial charge in [0, 0.05) is 0 Å². The minimum atomic E-state index is -1.49. The largest absolute Gasteiger partial charge is 0.0889 e. The molecular weight excluding hydrogens is 629 g/mol. The van der Waals surface area contributed by atoms with Crippen molar-refractivity contribution in [3.05, 3.63) is 194 Å².